The van der Waals surface area contributed by atoms with E-state index in [0.717, 1.165) is 10.9 Å². The van der Waals surface area contributed by atoms with E-state index in [-0.39, 0.29) is 5.54 Å². The second-order valence-corrected chi connectivity index (χ2v) is 4.57. The molecule has 1 aromatic carbocycles. The van der Waals surface area contributed by atoms with Crippen LogP contribution in [0, 0.1) is 0 Å². The minimum Gasteiger partial charge on any atom is -0.506 e. The number of phenols is 1. The summed E-state index contributed by atoms with van der Waals surface area (Å²) in [6.07, 6.45) is 2.02. The number of aromatic hydroxyl groups is 1. The van der Waals surface area contributed by atoms with Crippen LogP contribution in [0.3, 0.4) is 0 Å². The molecule has 0 aliphatic rings. The number of hydrogen-bond acceptors (Lipinski definition) is 1. The summed E-state index contributed by atoms with van der Waals surface area (Å²) in [6.45, 7) is 6.37. The van der Waals surface area contributed by atoms with Crippen molar-refractivity contribution < 1.29 is 5.11 Å². The molecule has 0 amide bonds. The summed E-state index contributed by atoms with van der Waals surface area (Å²) in [5.74, 6) is 0.349. The maximum atomic E-state index is 9.78. The van der Waals surface area contributed by atoms with Gasteiger partial charge in [-0.05, 0) is 32.9 Å². The van der Waals surface area contributed by atoms with E-state index in [0.29, 0.717) is 5.75 Å². The molecular weight excluding hydrogens is 174 g/mol. The van der Waals surface area contributed by atoms with E-state index in [4.69, 9.17) is 0 Å². The van der Waals surface area contributed by atoms with Crippen LogP contribution in [0.4, 0.5) is 0 Å². The second-order valence-electron chi connectivity index (χ2n) is 4.57. The molecule has 1 N–H and O–H groups in total. The molecule has 2 heteroatoms. The molecule has 0 radical (unpaired) electrons. The van der Waals surface area contributed by atoms with E-state index in [2.05, 4.69) is 25.3 Å². The first-order chi connectivity index (χ1) is 6.50. The lowest BCUT2D eigenvalue weighted by Crippen LogP contribution is -2.20. The Hall–Kier alpha value is -1.44. The van der Waals surface area contributed by atoms with E-state index in [1.807, 2.05) is 24.4 Å². The Morgan fingerprint density at radius 3 is 2.50 bits per heavy atom. The molecule has 74 valence electrons. The van der Waals surface area contributed by atoms with Crippen LogP contribution in [0.2, 0.25) is 0 Å². The zero-order chi connectivity index (χ0) is 10.3. The number of aromatic nitrogens is 1. The van der Waals surface area contributed by atoms with Gasteiger partial charge in [-0.2, -0.15) is 0 Å². The lowest BCUT2D eigenvalue weighted by Gasteiger charge is -2.22. The number of hydrogen-bond donors (Lipinski definition) is 1. The maximum Gasteiger partial charge on any atom is 0.139 e. The first kappa shape index (κ1) is 9.13. The molecule has 1 aromatic heterocycles. The zero-order valence-corrected chi connectivity index (χ0v) is 8.78. The number of rotatable bonds is 0. The van der Waals surface area contributed by atoms with Gasteiger partial charge in [-0.25, -0.2) is 0 Å². The topological polar surface area (TPSA) is 25.2 Å². The van der Waals surface area contributed by atoms with Crippen LogP contribution in [0.15, 0.2) is 30.5 Å². The van der Waals surface area contributed by atoms with Crippen molar-refractivity contribution in [3.63, 3.8) is 0 Å². The minimum absolute atomic E-state index is 0.000579. The van der Waals surface area contributed by atoms with E-state index in [9.17, 15) is 5.11 Å². The fraction of sp³-hybridized carbons (Fsp3) is 0.333. The fourth-order valence-electron chi connectivity index (χ4n) is 1.73. The monoisotopic (exact) mass is 189 g/mol. The van der Waals surface area contributed by atoms with Gasteiger partial charge in [0.25, 0.3) is 0 Å². The van der Waals surface area contributed by atoms with E-state index < -0.39 is 0 Å². The van der Waals surface area contributed by atoms with Gasteiger partial charge < -0.3 is 9.67 Å². The summed E-state index contributed by atoms with van der Waals surface area (Å²) in [5, 5.41) is 10.9. The quantitative estimate of drug-likeness (QED) is 0.676. The molecular formula is C12H15NO. The molecule has 0 fully saturated rings. The number of benzene rings is 1. The fourth-order valence-corrected chi connectivity index (χ4v) is 1.73. The highest BCUT2D eigenvalue weighted by molar-refractivity contribution is 5.85. The van der Waals surface area contributed by atoms with Crippen LogP contribution >= 0.6 is 0 Å². The minimum atomic E-state index is 0.000579. The molecule has 14 heavy (non-hydrogen) atoms. The van der Waals surface area contributed by atoms with Crippen LogP contribution in [0.1, 0.15) is 20.8 Å². The molecule has 2 aromatic rings. The van der Waals surface area contributed by atoms with Crippen LogP contribution < -0.4 is 0 Å². The summed E-state index contributed by atoms with van der Waals surface area (Å²) in [7, 11) is 0. The van der Waals surface area contributed by atoms with Gasteiger partial charge in [-0.15, -0.1) is 0 Å². The average Bonchev–Trinajstić information content (AvgIpc) is 2.47. The largest absolute Gasteiger partial charge is 0.506 e. The summed E-state index contributed by atoms with van der Waals surface area (Å²) in [6, 6.07) is 7.63. The van der Waals surface area contributed by atoms with Crippen molar-refractivity contribution in [3.8, 4) is 5.75 Å². The van der Waals surface area contributed by atoms with Crippen LogP contribution in [0.5, 0.6) is 5.75 Å². The Kier molecular flexibility index (Phi) is 1.81. The predicted molar refractivity (Wildman–Crippen MR) is 58.6 cm³/mol. The van der Waals surface area contributed by atoms with Gasteiger partial charge >= 0.3 is 0 Å². The lowest BCUT2D eigenvalue weighted by molar-refractivity contribution is 0.402. The number of fused-ring (bicyclic) bond motifs is 1. The molecule has 0 aliphatic heterocycles. The molecule has 0 saturated carbocycles. The summed E-state index contributed by atoms with van der Waals surface area (Å²) in [5.41, 5.74) is 0.917. The predicted octanol–water partition coefficient (Wildman–Crippen LogP) is 3.10. The van der Waals surface area contributed by atoms with E-state index >= 15 is 0 Å². The summed E-state index contributed by atoms with van der Waals surface area (Å²) >= 11 is 0. The smallest absolute Gasteiger partial charge is 0.139 e. The Morgan fingerprint density at radius 2 is 1.86 bits per heavy atom. The third kappa shape index (κ3) is 1.27. The Balaban J connectivity index is 2.80. The average molecular weight is 189 g/mol. The van der Waals surface area contributed by atoms with Crippen LogP contribution in [0.25, 0.3) is 10.9 Å². The van der Waals surface area contributed by atoms with Crippen molar-refractivity contribution in [1.82, 2.24) is 4.57 Å². The van der Waals surface area contributed by atoms with Gasteiger partial charge in [0.15, 0.2) is 0 Å². The number of phenolic OH excluding ortho intramolecular Hbond substituents is 1. The lowest BCUT2D eigenvalue weighted by atomic mass is 10.1. The van der Waals surface area contributed by atoms with Crippen molar-refractivity contribution >= 4 is 10.9 Å². The summed E-state index contributed by atoms with van der Waals surface area (Å²) < 4.78 is 2.09. The maximum absolute atomic E-state index is 9.78. The highest BCUT2D eigenvalue weighted by Gasteiger charge is 2.16. The third-order valence-electron chi connectivity index (χ3n) is 2.41. The van der Waals surface area contributed by atoms with Crippen LogP contribution in [-0.2, 0) is 5.54 Å². The molecule has 2 rings (SSSR count). The van der Waals surface area contributed by atoms with E-state index in [1.165, 1.54) is 0 Å². The molecule has 1 heterocycles. The molecule has 0 bridgehead atoms. The molecule has 0 spiro atoms. The standard InChI is InChI=1S/C12H15NO/c1-12(2,3)13-8-7-9-5-4-6-10(14)11(9)13/h4-8,14H,1-3H3. The normalized spacial score (nSPS) is 12.2. The first-order valence-corrected chi connectivity index (χ1v) is 4.80. The highest BCUT2D eigenvalue weighted by Crippen LogP contribution is 2.29. The molecule has 0 aliphatic carbocycles. The van der Waals surface area contributed by atoms with E-state index in [1.54, 1.807) is 6.07 Å². The second kappa shape index (κ2) is 2.77. The molecule has 0 unspecified atom stereocenters. The van der Waals surface area contributed by atoms with Gasteiger partial charge in [-0.1, -0.05) is 12.1 Å². The number of para-hydroxylation sites is 1. The first-order valence-electron chi connectivity index (χ1n) is 4.80. The van der Waals surface area contributed by atoms with Gasteiger partial charge in [0.05, 0.1) is 5.52 Å². The number of nitrogens with zero attached hydrogens (tertiary/aromatic N) is 1. The summed E-state index contributed by atoms with van der Waals surface area (Å²) in [4.78, 5) is 0. The van der Waals surface area contributed by atoms with Crippen molar-refractivity contribution in [3.05, 3.63) is 30.5 Å². The van der Waals surface area contributed by atoms with Crippen molar-refractivity contribution in [2.45, 2.75) is 26.3 Å². The highest BCUT2D eigenvalue weighted by atomic mass is 16.3. The van der Waals surface area contributed by atoms with Gasteiger partial charge in [0.2, 0.25) is 0 Å². The molecule has 0 atom stereocenters. The van der Waals surface area contributed by atoms with Crippen molar-refractivity contribution in [1.29, 1.82) is 0 Å². The van der Waals surface area contributed by atoms with Gasteiger partial charge in [0.1, 0.15) is 5.75 Å². The third-order valence-corrected chi connectivity index (χ3v) is 2.41. The Bertz CT molecular complexity index is 463. The SMILES string of the molecule is CC(C)(C)n1ccc2cccc(O)c21. The van der Waals surface area contributed by atoms with Gasteiger partial charge in [0, 0.05) is 17.1 Å². The molecule has 0 saturated heterocycles. The Labute approximate surface area is 83.8 Å². The zero-order valence-electron chi connectivity index (χ0n) is 8.78. The van der Waals surface area contributed by atoms with Gasteiger partial charge in [-0.3, -0.25) is 0 Å². The van der Waals surface area contributed by atoms with Crippen molar-refractivity contribution in [2.24, 2.45) is 0 Å². The van der Waals surface area contributed by atoms with Crippen molar-refractivity contribution in [2.75, 3.05) is 0 Å². The Morgan fingerprint density at radius 1 is 1.14 bits per heavy atom. The van der Waals surface area contributed by atoms with Crippen LogP contribution in [-0.4, -0.2) is 9.67 Å². The molecule has 2 nitrogen and oxygen atoms in total.